The third-order valence-corrected chi connectivity index (χ3v) is 4.39. The summed E-state index contributed by atoms with van der Waals surface area (Å²) in [6.07, 6.45) is 0. The minimum Gasteiger partial charge on any atom is -0.398 e. The SMILES string of the molecule is CCN(CCO)S(=O)(=O)Cc1ccccc1N. The van der Waals surface area contributed by atoms with Crippen LogP contribution in [-0.2, 0) is 15.8 Å². The van der Waals surface area contributed by atoms with E-state index in [-0.39, 0.29) is 18.9 Å². The van der Waals surface area contributed by atoms with Crippen molar-refractivity contribution in [3.05, 3.63) is 29.8 Å². The van der Waals surface area contributed by atoms with Crippen molar-refractivity contribution in [2.45, 2.75) is 12.7 Å². The van der Waals surface area contributed by atoms with Crippen LogP contribution in [0.25, 0.3) is 0 Å². The fraction of sp³-hybridized carbons (Fsp3) is 0.455. The molecule has 0 bridgehead atoms. The fourth-order valence-corrected chi connectivity index (χ4v) is 3.15. The molecule has 6 heteroatoms. The first-order valence-electron chi connectivity index (χ1n) is 5.43. The van der Waals surface area contributed by atoms with Gasteiger partial charge in [0.1, 0.15) is 0 Å². The van der Waals surface area contributed by atoms with E-state index in [0.29, 0.717) is 17.8 Å². The van der Waals surface area contributed by atoms with Crippen molar-refractivity contribution in [3.63, 3.8) is 0 Å². The summed E-state index contributed by atoms with van der Waals surface area (Å²) in [5, 5.41) is 8.82. The number of likely N-dealkylation sites (N-methyl/N-ethyl adjacent to an activating group) is 1. The van der Waals surface area contributed by atoms with Gasteiger partial charge in [0.2, 0.25) is 10.0 Å². The number of aliphatic hydroxyl groups is 1. The summed E-state index contributed by atoms with van der Waals surface area (Å²) < 4.78 is 25.3. The Bertz CT molecular complexity index is 460. The Morgan fingerprint density at radius 2 is 2.00 bits per heavy atom. The zero-order valence-corrected chi connectivity index (χ0v) is 10.7. The average molecular weight is 258 g/mol. The maximum Gasteiger partial charge on any atom is 0.218 e. The van der Waals surface area contributed by atoms with Gasteiger partial charge in [-0.2, -0.15) is 4.31 Å². The highest BCUT2D eigenvalue weighted by Crippen LogP contribution is 2.16. The molecule has 1 aromatic carbocycles. The predicted octanol–water partition coefficient (Wildman–Crippen LogP) is 0.413. The number of hydrogen-bond donors (Lipinski definition) is 2. The van der Waals surface area contributed by atoms with Gasteiger partial charge in [-0.15, -0.1) is 0 Å². The second-order valence-corrected chi connectivity index (χ2v) is 5.64. The topological polar surface area (TPSA) is 83.6 Å². The molecule has 96 valence electrons. The molecule has 17 heavy (non-hydrogen) atoms. The number of nitrogens with zero attached hydrogens (tertiary/aromatic N) is 1. The van der Waals surface area contributed by atoms with Crippen LogP contribution in [0.15, 0.2) is 24.3 Å². The van der Waals surface area contributed by atoms with Crippen molar-refractivity contribution >= 4 is 15.7 Å². The lowest BCUT2D eigenvalue weighted by atomic mass is 10.2. The van der Waals surface area contributed by atoms with Crippen molar-refractivity contribution in [2.75, 3.05) is 25.4 Å². The van der Waals surface area contributed by atoms with Crippen LogP contribution in [0.4, 0.5) is 5.69 Å². The lowest BCUT2D eigenvalue weighted by Gasteiger charge is -2.19. The Kier molecular flexibility index (Phi) is 4.92. The van der Waals surface area contributed by atoms with Crippen molar-refractivity contribution in [1.29, 1.82) is 0 Å². The summed E-state index contributed by atoms with van der Waals surface area (Å²) in [6.45, 7) is 2.01. The Morgan fingerprint density at radius 1 is 1.35 bits per heavy atom. The van der Waals surface area contributed by atoms with E-state index in [1.54, 1.807) is 31.2 Å². The third kappa shape index (κ3) is 3.69. The molecule has 0 atom stereocenters. The Morgan fingerprint density at radius 3 is 2.53 bits per heavy atom. The highest BCUT2D eigenvalue weighted by molar-refractivity contribution is 7.88. The molecule has 0 aliphatic heterocycles. The van der Waals surface area contributed by atoms with Gasteiger partial charge in [0, 0.05) is 18.8 Å². The van der Waals surface area contributed by atoms with E-state index in [0.717, 1.165) is 0 Å². The monoisotopic (exact) mass is 258 g/mol. The number of nitrogen functional groups attached to an aromatic ring is 1. The van der Waals surface area contributed by atoms with Crippen molar-refractivity contribution in [1.82, 2.24) is 4.31 Å². The Balaban J connectivity index is 2.89. The molecule has 0 unspecified atom stereocenters. The Hall–Kier alpha value is -1.11. The van der Waals surface area contributed by atoms with Crippen LogP contribution in [0.2, 0.25) is 0 Å². The maximum absolute atomic E-state index is 12.0. The summed E-state index contributed by atoms with van der Waals surface area (Å²) in [5.74, 6) is -0.131. The first-order chi connectivity index (χ1) is 8.01. The van der Waals surface area contributed by atoms with Crippen molar-refractivity contribution < 1.29 is 13.5 Å². The Labute approximate surface area is 102 Å². The van der Waals surface area contributed by atoms with Crippen LogP contribution in [0.3, 0.4) is 0 Å². The largest absolute Gasteiger partial charge is 0.398 e. The molecular formula is C11H18N2O3S. The molecule has 0 fully saturated rings. The van der Waals surface area contributed by atoms with E-state index in [1.807, 2.05) is 0 Å². The highest BCUT2D eigenvalue weighted by Gasteiger charge is 2.21. The van der Waals surface area contributed by atoms with Gasteiger partial charge in [-0.3, -0.25) is 0 Å². The molecule has 1 aromatic rings. The minimum absolute atomic E-state index is 0.117. The number of aliphatic hydroxyl groups excluding tert-OH is 1. The van der Waals surface area contributed by atoms with Crippen molar-refractivity contribution in [3.8, 4) is 0 Å². The van der Waals surface area contributed by atoms with E-state index in [1.165, 1.54) is 4.31 Å². The molecule has 0 amide bonds. The van der Waals surface area contributed by atoms with Crippen molar-refractivity contribution in [2.24, 2.45) is 0 Å². The fourth-order valence-electron chi connectivity index (χ4n) is 1.56. The van der Waals surface area contributed by atoms with Crippen LogP contribution >= 0.6 is 0 Å². The van der Waals surface area contributed by atoms with E-state index >= 15 is 0 Å². The lowest BCUT2D eigenvalue weighted by molar-refractivity contribution is 0.257. The number of nitrogens with two attached hydrogens (primary N) is 1. The second kappa shape index (κ2) is 6.00. The van der Waals surface area contributed by atoms with Gasteiger partial charge in [-0.25, -0.2) is 8.42 Å². The summed E-state index contributed by atoms with van der Waals surface area (Å²) in [7, 11) is -3.42. The molecule has 0 spiro atoms. The molecule has 3 N–H and O–H groups in total. The smallest absolute Gasteiger partial charge is 0.218 e. The summed E-state index contributed by atoms with van der Waals surface area (Å²) in [4.78, 5) is 0. The zero-order chi connectivity index (χ0) is 12.9. The van der Waals surface area contributed by atoms with Gasteiger partial charge < -0.3 is 10.8 Å². The number of benzene rings is 1. The maximum atomic E-state index is 12.0. The first-order valence-corrected chi connectivity index (χ1v) is 7.04. The summed E-state index contributed by atoms with van der Waals surface area (Å²) in [6, 6.07) is 6.88. The first kappa shape index (κ1) is 14.0. The number of sulfonamides is 1. The molecule has 0 radical (unpaired) electrons. The van der Waals surface area contributed by atoms with Gasteiger partial charge in [0.25, 0.3) is 0 Å². The molecule has 0 saturated heterocycles. The normalized spacial score (nSPS) is 11.9. The standard InChI is InChI=1S/C11H18N2O3S/c1-2-13(7-8-14)17(15,16)9-10-5-3-4-6-11(10)12/h3-6,14H,2,7-9,12H2,1H3. The van der Waals surface area contributed by atoms with E-state index in [9.17, 15) is 8.42 Å². The predicted molar refractivity (Wildman–Crippen MR) is 67.8 cm³/mol. The molecule has 0 aromatic heterocycles. The van der Waals surface area contributed by atoms with Crippen LogP contribution < -0.4 is 5.73 Å². The molecular weight excluding hydrogens is 240 g/mol. The molecule has 0 saturated carbocycles. The number of rotatable bonds is 6. The van der Waals surface area contributed by atoms with E-state index < -0.39 is 10.0 Å². The molecule has 0 aliphatic rings. The molecule has 5 nitrogen and oxygen atoms in total. The van der Waals surface area contributed by atoms with Crippen LogP contribution in [0, 0.1) is 0 Å². The second-order valence-electron chi connectivity index (χ2n) is 3.67. The summed E-state index contributed by atoms with van der Waals surface area (Å²) >= 11 is 0. The molecule has 0 aliphatic carbocycles. The number of anilines is 1. The van der Waals surface area contributed by atoms with E-state index in [2.05, 4.69) is 0 Å². The van der Waals surface area contributed by atoms with E-state index in [4.69, 9.17) is 10.8 Å². The summed E-state index contributed by atoms with van der Waals surface area (Å²) in [5.41, 5.74) is 6.77. The number of hydrogen-bond acceptors (Lipinski definition) is 4. The molecule has 0 heterocycles. The van der Waals surface area contributed by atoms with Crippen LogP contribution in [0.1, 0.15) is 12.5 Å². The quantitative estimate of drug-likeness (QED) is 0.724. The lowest BCUT2D eigenvalue weighted by Crippen LogP contribution is -2.34. The van der Waals surface area contributed by atoms with Gasteiger partial charge in [-0.05, 0) is 11.6 Å². The highest BCUT2D eigenvalue weighted by atomic mass is 32.2. The van der Waals surface area contributed by atoms with Crippen LogP contribution in [-0.4, -0.2) is 37.5 Å². The third-order valence-electron chi connectivity index (χ3n) is 2.49. The van der Waals surface area contributed by atoms with Gasteiger partial charge in [0.05, 0.1) is 12.4 Å². The van der Waals surface area contributed by atoms with Gasteiger partial charge >= 0.3 is 0 Å². The molecule has 1 rings (SSSR count). The average Bonchev–Trinajstić information content (AvgIpc) is 2.28. The zero-order valence-electron chi connectivity index (χ0n) is 9.83. The minimum atomic E-state index is -3.42. The number of para-hydroxylation sites is 1. The van der Waals surface area contributed by atoms with Gasteiger partial charge in [0.15, 0.2) is 0 Å². The van der Waals surface area contributed by atoms with Crippen LogP contribution in [0.5, 0.6) is 0 Å². The van der Waals surface area contributed by atoms with Gasteiger partial charge in [-0.1, -0.05) is 25.1 Å².